The Morgan fingerprint density at radius 2 is 2.12 bits per heavy atom. The SMILES string of the molecule is C=CCCCCCNCCc1ccc(Br)s1. The maximum Gasteiger partial charge on any atom is 0.0701 e. The molecule has 16 heavy (non-hydrogen) atoms. The molecule has 0 aliphatic heterocycles. The van der Waals surface area contributed by atoms with E-state index in [0.717, 1.165) is 25.9 Å². The minimum atomic E-state index is 1.09. The highest BCUT2D eigenvalue weighted by atomic mass is 79.9. The normalized spacial score (nSPS) is 10.6. The van der Waals surface area contributed by atoms with E-state index < -0.39 is 0 Å². The summed E-state index contributed by atoms with van der Waals surface area (Å²) in [6.07, 6.45) is 8.17. The van der Waals surface area contributed by atoms with Crippen LogP contribution in [0.2, 0.25) is 0 Å². The molecule has 0 aromatic carbocycles. The lowest BCUT2D eigenvalue weighted by molar-refractivity contribution is 0.608. The Morgan fingerprint density at radius 1 is 1.25 bits per heavy atom. The molecular formula is C13H20BrNS. The van der Waals surface area contributed by atoms with Gasteiger partial charge in [-0.05, 0) is 66.8 Å². The van der Waals surface area contributed by atoms with E-state index >= 15 is 0 Å². The molecule has 0 fully saturated rings. The van der Waals surface area contributed by atoms with Crippen molar-refractivity contribution in [2.45, 2.75) is 32.1 Å². The summed E-state index contributed by atoms with van der Waals surface area (Å²) in [5, 5.41) is 3.49. The first-order valence-electron chi connectivity index (χ1n) is 5.89. The molecular weight excluding hydrogens is 282 g/mol. The number of nitrogens with one attached hydrogen (secondary N) is 1. The zero-order valence-electron chi connectivity index (χ0n) is 9.68. The van der Waals surface area contributed by atoms with Gasteiger partial charge in [0.2, 0.25) is 0 Å². The summed E-state index contributed by atoms with van der Waals surface area (Å²) in [7, 11) is 0. The summed E-state index contributed by atoms with van der Waals surface area (Å²) in [5.41, 5.74) is 0. The van der Waals surface area contributed by atoms with Gasteiger partial charge in [0.15, 0.2) is 0 Å². The Bertz CT molecular complexity index is 296. The monoisotopic (exact) mass is 301 g/mol. The fraction of sp³-hybridized carbons (Fsp3) is 0.538. The second kappa shape index (κ2) is 8.97. The van der Waals surface area contributed by atoms with Gasteiger partial charge < -0.3 is 5.32 Å². The van der Waals surface area contributed by atoms with Crippen molar-refractivity contribution in [2.75, 3.05) is 13.1 Å². The molecule has 1 heterocycles. The second-order valence-corrected chi connectivity index (χ2v) is 6.39. The van der Waals surface area contributed by atoms with Gasteiger partial charge in [-0.1, -0.05) is 12.5 Å². The molecule has 1 N–H and O–H groups in total. The smallest absolute Gasteiger partial charge is 0.0701 e. The number of halogens is 1. The van der Waals surface area contributed by atoms with Crippen LogP contribution in [0.15, 0.2) is 28.6 Å². The van der Waals surface area contributed by atoms with Crippen molar-refractivity contribution >= 4 is 27.3 Å². The summed E-state index contributed by atoms with van der Waals surface area (Å²) in [4.78, 5) is 1.45. The molecule has 0 amide bonds. The van der Waals surface area contributed by atoms with Crippen LogP contribution in [0.3, 0.4) is 0 Å². The van der Waals surface area contributed by atoms with Crippen molar-refractivity contribution in [1.29, 1.82) is 0 Å². The summed E-state index contributed by atoms with van der Waals surface area (Å²) >= 11 is 5.31. The van der Waals surface area contributed by atoms with E-state index in [1.165, 1.54) is 27.9 Å². The van der Waals surface area contributed by atoms with Crippen molar-refractivity contribution in [1.82, 2.24) is 5.32 Å². The first kappa shape index (κ1) is 13.9. The Morgan fingerprint density at radius 3 is 2.81 bits per heavy atom. The van der Waals surface area contributed by atoms with Crippen LogP contribution in [0.25, 0.3) is 0 Å². The number of hydrogen-bond acceptors (Lipinski definition) is 2. The number of rotatable bonds is 9. The molecule has 0 atom stereocenters. The highest BCUT2D eigenvalue weighted by Crippen LogP contribution is 2.21. The highest BCUT2D eigenvalue weighted by molar-refractivity contribution is 9.11. The number of hydrogen-bond donors (Lipinski definition) is 1. The average molecular weight is 302 g/mol. The minimum absolute atomic E-state index is 1.09. The molecule has 0 saturated carbocycles. The van der Waals surface area contributed by atoms with Crippen molar-refractivity contribution < 1.29 is 0 Å². The Labute approximate surface area is 111 Å². The molecule has 0 aliphatic carbocycles. The van der Waals surface area contributed by atoms with Crippen molar-refractivity contribution in [2.24, 2.45) is 0 Å². The molecule has 1 aromatic rings. The zero-order valence-corrected chi connectivity index (χ0v) is 12.1. The number of allylic oxidation sites excluding steroid dienone is 1. The Kier molecular flexibility index (Phi) is 7.81. The summed E-state index contributed by atoms with van der Waals surface area (Å²) in [5.74, 6) is 0. The topological polar surface area (TPSA) is 12.0 Å². The Balaban J connectivity index is 1.90. The van der Waals surface area contributed by atoms with E-state index in [4.69, 9.17) is 0 Å². The van der Waals surface area contributed by atoms with Crippen LogP contribution in [-0.4, -0.2) is 13.1 Å². The van der Waals surface area contributed by atoms with E-state index in [2.05, 4.69) is 40.0 Å². The van der Waals surface area contributed by atoms with Gasteiger partial charge in [0.25, 0.3) is 0 Å². The number of unbranched alkanes of at least 4 members (excludes halogenated alkanes) is 3. The first-order valence-corrected chi connectivity index (χ1v) is 7.49. The molecule has 1 aromatic heterocycles. The van der Waals surface area contributed by atoms with Crippen LogP contribution in [0, 0.1) is 0 Å². The third kappa shape index (κ3) is 6.46. The lowest BCUT2D eigenvalue weighted by Gasteiger charge is -2.02. The van der Waals surface area contributed by atoms with Gasteiger partial charge >= 0.3 is 0 Å². The quantitative estimate of drug-likeness (QED) is 0.527. The van der Waals surface area contributed by atoms with Crippen molar-refractivity contribution in [3.8, 4) is 0 Å². The van der Waals surface area contributed by atoms with Crippen LogP contribution >= 0.6 is 27.3 Å². The zero-order chi connectivity index (χ0) is 11.6. The van der Waals surface area contributed by atoms with Crippen LogP contribution in [0.4, 0.5) is 0 Å². The molecule has 3 heteroatoms. The van der Waals surface area contributed by atoms with Gasteiger partial charge in [0.1, 0.15) is 0 Å². The highest BCUT2D eigenvalue weighted by Gasteiger charge is 1.96. The molecule has 0 radical (unpaired) electrons. The molecule has 1 rings (SSSR count). The summed E-state index contributed by atoms with van der Waals surface area (Å²) < 4.78 is 1.23. The summed E-state index contributed by atoms with van der Waals surface area (Å²) in [6.45, 7) is 5.96. The van der Waals surface area contributed by atoms with E-state index in [1.807, 2.05) is 17.4 Å². The molecule has 0 bridgehead atoms. The van der Waals surface area contributed by atoms with Gasteiger partial charge in [-0.15, -0.1) is 17.9 Å². The molecule has 0 aliphatic rings. The van der Waals surface area contributed by atoms with Crippen molar-refractivity contribution in [3.05, 3.63) is 33.5 Å². The molecule has 0 saturated heterocycles. The van der Waals surface area contributed by atoms with Crippen LogP contribution in [-0.2, 0) is 6.42 Å². The molecule has 0 spiro atoms. The fourth-order valence-electron chi connectivity index (χ4n) is 1.54. The van der Waals surface area contributed by atoms with E-state index in [-0.39, 0.29) is 0 Å². The number of thiophene rings is 1. The van der Waals surface area contributed by atoms with Crippen LogP contribution in [0.1, 0.15) is 30.6 Å². The van der Waals surface area contributed by atoms with Crippen LogP contribution in [0.5, 0.6) is 0 Å². The maximum atomic E-state index is 3.73. The lowest BCUT2D eigenvalue weighted by atomic mass is 10.2. The summed E-state index contributed by atoms with van der Waals surface area (Å²) in [6, 6.07) is 4.32. The standard InChI is InChI=1S/C13H20BrNS/c1-2-3-4-5-6-10-15-11-9-12-7-8-13(14)16-12/h2,7-8,15H,1,3-6,9-11H2. The Hall–Kier alpha value is -0.120. The lowest BCUT2D eigenvalue weighted by Crippen LogP contribution is -2.18. The molecule has 0 unspecified atom stereocenters. The van der Waals surface area contributed by atoms with Crippen molar-refractivity contribution in [3.63, 3.8) is 0 Å². The first-order chi connectivity index (χ1) is 7.83. The van der Waals surface area contributed by atoms with Gasteiger partial charge in [-0.25, -0.2) is 0 Å². The molecule has 90 valence electrons. The third-order valence-electron chi connectivity index (χ3n) is 2.44. The average Bonchev–Trinajstić information content (AvgIpc) is 2.68. The van der Waals surface area contributed by atoms with Gasteiger partial charge in [-0.3, -0.25) is 0 Å². The maximum absolute atomic E-state index is 3.73. The predicted molar refractivity (Wildman–Crippen MR) is 77.3 cm³/mol. The largest absolute Gasteiger partial charge is 0.316 e. The van der Waals surface area contributed by atoms with Gasteiger partial charge in [-0.2, -0.15) is 0 Å². The minimum Gasteiger partial charge on any atom is -0.316 e. The van der Waals surface area contributed by atoms with Gasteiger partial charge in [0, 0.05) is 4.88 Å². The van der Waals surface area contributed by atoms with E-state index in [9.17, 15) is 0 Å². The fourth-order valence-corrected chi connectivity index (χ4v) is 3.02. The van der Waals surface area contributed by atoms with E-state index in [0.29, 0.717) is 0 Å². The second-order valence-electron chi connectivity index (χ2n) is 3.84. The predicted octanol–water partition coefficient (Wildman–Crippen LogP) is 4.39. The van der Waals surface area contributed by atoms with Gasteiger partial charge in [0.05, 0.1) is 3.79 Å². The van der Waals surface area contributed by atoms with E-state index in [1.54, 1.807) is 0 Å². The van der Waals surface area contributed by atoms with Crippen LogP contribution < -0.4 is 5.32 Å². The third-order valence-corrected chi connectivity index (χ3v) is 4.12. The molecule has 1 nitrogen and oxygen atoms in total.